The van der Waals surface area contributed by atoms with Crippen LogP contribution in [0, 0.1) is 11.3 Å². The van der Waals surface area contributed by atoms with E-state index in [0.29, 0.717) is 17.1 Å². The molecule has 19 heavy (non-hydrogen) atoms. The van der Waals surface area contributed by atoms with E-state index in [-0.39, 0.29) is 0 Å². The molecule has 2 nitrogen and oxygen atoms in total. The second kappa shape index (κ2) is 6.42. The average molecular weight is 401 g/mol. The van der Waals surface area contributed by atoms with Crippen molar-refractivity contribution in [2.45, 2.75) is 6.54 Å². The van der Waals surface area contributed by atoms with Gasteiger partial charge in [0.1, 0.15) is 6.07 Å². The molecule has 96 valence electrons. The molecule has 0 fully saturated rings. The highest BCUT2D eigenvalue weighted by atomic mass is 79.9. The minimum absolute atomic E-state index is 0.472. The standard InChI is InChI=1S/C14H9Br2ClN2/c15-12-3-1-9(5-13(12)16)8-19-11-2-4-14(17)10(6-11)7-18/h1-6,19H,8H2. The van der Waals surface area contributed by atoms with Gasteiger partial charge in [0.15, 0.2) is 0 Å². The second-order valence-corrected chi connectivity index (χ2v) is 6.02. The number of benzene rings is 2. The lowest BCUT2D eigenvalue weighted by Crippen LogP contribution is -1.99. The van der Waals surface area contributed by atoms with Crippen molar-refractivity contribution >= 4 is 49.1 Å². The third-order valence-electron chi connectivity index (χ3n) is 2.57. The lowest BCUT2D eigenvalue weighted by molar-refractivity contribution is 1.14. The Kier molecular flexibility index (Phi) is 4.87. The number of hydrogen-bond acceptors (Lipinski definition) is 2. The molecule has 0 aliphatic carbocycles. The van der Waals surface area contributed by atoms with Crippen LogP contribution in [0.4, 0.5) is 5.69 Å². The molecule has 0 atom stereocenters. The van der Waals surface area contributed by atoms with Crippen LogP contribution in [0.5, 0.6) is 0 Å². The first-order valence-electron chi connectivity index (χ1n) is 5.47. The molecule has 2 aromatic rings. The highest BCUT2D eigenvalue weighted by molar-refractivity contribution is 9.13. The highest BCUT2D eigenvalue weighted by Gasteiger charge is 2.02. The Balaban J connectivity index is 2.10. The summed E-state index contributed by atoms with van der Waals surface area (Å²) in [6.45, 7) is 0.679. The molecule has 0 unspecified atom stereocenters. The van der Waals surface area contributed by atoms with Gasteiger partial charge in [-0.2, -0.15) is 5.26 Å². The number of nitriles is 1. The number of hydrogen-bond donors (Lipinski definition) is 1. The molecular weight excluding hydrogens is 391 g/mol. The van der Waals surface area contributed by atoms with E-state index in [1.165, 1.54) is 0 Å². The Labute approximate surface area is 133 Å². The molecule has 5 heteroatoms. The van der Waals surface area contributed by atoms with Crippen LogP contribution >= 0.6 is 43.5 Å². The van der Waals surface area contributed by atoms with Gasteiger partial charge in [-0.1, -0.05) is 17.7 Å². The topological polar surface area (TPSA) is 35.8 Å². The summed E-state index contributed by atoms with van der Waals surface area (Å²) >= 11 is 12.8. The maximum absolute atomic E-state index is 8.92. The van der Waals surface area contributed by atoms with Gasteiger partial charge in [0, 0.05) is 21.2 Å². The predicted octanol–water partition coefficient (Wildman–Crippen LogP) is 5.35. The number of nitrogens with zero attached hydrogens (tertiary/aromatic N) is 1. The maximum Gasteiger partial charge on any atom is 0.101 e. The Bertz CT molecular complexity index is 650. The third-order valence-corrected chi connectivity index (χ3v) is 4.78. The SMILES string of the molecule is N#Cc1cc(NCc2ccc(Br)c(Br)c2)ccc1Cl. The Morgan fingerprint density at radius 1 is 1.11 bits per heavy atom. The number of rotatable bonds is 3. The molecule has 0 amide bonds. The summed E-state index contributed by atoms with van der Waals surface area (Å²) in [5, 5.41) is 12.7. The van der Waals surface area contributed by atoms with Gasteiger partial charge in [-0.3, -0.25) is 0 Å². The normalized spacial score (nSPS) is 10.0. The molecule has 0 aromatic heterocycles. The van der Waals surface area contributed by atoms with E-state index in [0.717, 1.165) is 20.2 Å². The zero-order valence-corrected chi connectivity index (χ0v) is 13.7. The summed E-state index contributed by atoms with van der Waals surface area (Å²) in [6, 6.07) is 13.5. The van der Waals surface area contributed by atoms with Crippen molar-refractivity contribution in [2.24, 2.45) is 0 Å². The third kappa shape index (κ3) is 3.73. The van der Waals surface area contributed by atoms with Crippen LogP contribution in [0.15, 0.2) is 45.3 Å². The van der Waals surface area contributed by atoms with Gasteiger partial charge in [0.25, 0.3) is 0 Å². The minimum Gasteiger partial charge on any atom is -0.381 e. The summed E-state index contributed by atoms with van der Waals surface area (Å²) in [5.74, 6) is 0. The zero-order chi connectivity index (χ0) is 13.8. The van der Waals surface area contributed by atoms with Crippen molar-refractivity contribution < 1.29 is 0 Å². The molecular formula is C14H9Br2ClN2. The molecule has 0 radical (unpaired) electrons. The lowest BCUT2D eigenvalue weighted by atomic mass is 10.2. The van der Waals surface area contributed by atoms with Gasteiger partial charge in [-0.25, -0.2) is 0 Å². The van der Waals surface area contributed by atoms with E-state index in [1.54, 1.807) is 12.1 Å². The van der Waals surface area contributed by atoms with Crippen LogP contribution in [-0.4, -0.2) is 0 Å². The first kappa shape index (κ1) is 14.4. The van der Waals surface area contributed by atoms with Crippen LogP contribution in [0.25, 0.3) is 0 Å². The molecule has 0 heterocycles. The smallest absolute Gasteiger partial charge is 0.101 e. The molecule has 0 spiro atoms. The summed E-state index contributed by atoms with van der Waals surface area (Å²) in [7, 11) is 0. The first-order valence-corrected chi connectivity index (χ1v) is 7.44. The van der Waals surface area contributed by atoms with E-state index in [2.05, 4.69) is 43.2 Å². The van der Waals surface area contributed by atoms with Crippen LogP contribution in [-0.2, 0) is 6.54 Å². The van der Waals surface area contributed by atoms with Crippen LogP contribution in [0.1, 0.15) is 11.1 Å². The van der Waals surface area contributed by atoms with E-state index in [9.17, 15) is 0 Å². The zero-order valence-electron chi connectivity index (χ0n) is 9.75. The molecule has 0 saturated carbocycles. The van der Waals surface area contributed by atoms with Gasteiger partial charge in [-0.05, 0) is 67.8 Å². The Morgan fingerprint density at radius 3 is 2.58 bits per heavy atom. The van der Waals surface area contributed by atoms with Gasteiger partial charge in [-0.15, -0.1) is 0 Å². The fourth-order valence-corrected chi connectivity index (χ4v) is 2.41. The predicted molar refractivity (Wildman–Crippen MR) is 85.3 cm³/mol. The Morgan fingerprint density at radius 2 is 1.89 bits per heavy atom. The van der Waals surface area contributed by atoms with Crippen LogP contribution < -0.4 is 5.32 Å². The summed E-state index contributed by atoms with van der Waals surface area (Å²) in [6.07, 6.45) is 0. The van der Waals surface area contributed by atoms with E-state index >= 15 is 0 Å². The molecule has 0 bridgehead atoms. The highest BCUT2D eigenvalue weighted by Crippen LogP contribution is 2.25. The molecule has 0 aliphatic rings. The maximum atomic E-state index is 8.92. The van der Waals surface area contributed by atoms with Gasteiger partial charge in [0.05, 0.1) is 10.6 Å². The fraction of sp³-hybridized carbons (Fsp3) is 0.0714. The van der Waals surface area contributed by atoms with Crippen LogP contribution in [0.3, 0.4) is 0 Å². The van der Waals surface area contributed by atoms with Gasteiger partial charge < -0.3 is 5.32 Å². The number of anilines is 1. The van der Waals surface area contributed by atoms with Gasteiger partial charge in [0.2, 0.25) is 0 Å². The minimum atomic E-state index is 0.472. The fourth-order valence-electron chi connectivity index (χ4n) is 1.57. The first-order chi connectivity index (χ1) is 9.10. The van der Waals surface area contributed by atoms with Crippen molar-refractivity contribution in [2.75, 3.05) is 5.32 Å². The van der Waals surface area contributed by atoms with Crippen molar-refractivity contribution in [1.29, 1.82) is 5.26 Å². The van der Waals surface area contributed by atoms with Crippen molar-refractivity contribution in [1.82, 2.24) is 0 Å². The number of halogens is 3. The van der Waals surface area contributed by atoms with Crippen LogP contribution in [0.2, 0.25) is 5.02 Å². The molecule has 0 saturated heterocycles. The molecule has 0 aliphatic heterocycles. The average Bonchev–Trinajstić information content (AvgIpc) is 2.41. The summed E-state index contributed by atoms with van der Waals surface area (Å²) < 4.78 is 2.04. The van der Waals surface area contributed by atoms with E-state index in [1.807, 2.05) is 24.3 Å². The van der Waals surface area contributed by atoms with E-state index < -0.39 is 0 Å². The summed E-state index contributed by atoms with van der Waals surface area (Å²) in [4.78, 5) is 0. The largest absolute Gasteiger partial charge is 0.381 e. The number of nitrogens with one attached hydrogen (secondary N) is 1. The monoisotopic (exact) mass is 398 g/mol. The molecule has 2 rings (SSSR count). The lowest BCUT2D eigenvalue weighted by Gasteiger charge is -2.08. The van der Waals surface area contributed by atoms with Crippen molar-refractivity contribution in [3.05, 3.63) is 61.5 Å². The molecule has 2 aromatic carbocycles. The van der Waals surface area contributed by atoms with Gasteiger partial charge >= 0.3 is 0 Å². The molecule has 1 N–H and O–H groups in total. The van der Waals surface area contributed by atoms with Crippen molar-refractivity contribution in [3.63, 3.8) is 0 Å². The van der Waals surface area contributed by atoms with Crippen molar-refractivity contribution in [3.8, 4) is 6.07 Å². The summed E-state index contributed by atoms with van der Waals surface area (Å²) in [5.41, 5.74) is 2.49. The quantitative estimate of drug-likeness (QED) is 0.754. The Hall–Kier alpha value is -1.02. The van der Waals surface area contributed by atoms with E-state index in [4.69, 9.17) is 16.9 Å². The second-order valence-electron chi connectivity index (χ2n) is 3.91.